The molecule has 0 spiro atoms. The summed E-state index contributed by atoms with van der Waals surface area (Å²) in [5, 5.41) is 19.6. The third kappa shape index (κ3) is 3.39. The zero-order chi connectivity index (χ0) is 18.8. The van der Waals surface area contributed by atoms with Crippen molar-refractivity contribution in [2.24, 2.45) is 0 Å². The standard InChI is InChI=1S/C18H12BrClFN3O2/c1-2-26-14-6-9(15(19)16(20)17(14)25)5-10(8-22)18-23-12-4-3-11(21)7-13(12)24-18/h3-7,25H,2H2,1H3,(H,23,24)/b10-5-. The van der Waals surface area contributed by atoms with Crippen molar-refractivity contribution in [3.8, 4) is 17.6 Å². The number of nitrogens with one attached hydrogen (secondary N) is 1. The minimum Gasteiger partial charge on any atom is -0.503 e. The molecule has 8 heteroatoms. The summed E-state index contributed by atoms with van der Waals surface area (Å²) < 4.78 is 19.1. The second-order valence-corrected chi connectivity index (χ2v) is 6.46. The summed E-state index contributed by atoms with van der Waals surface area (Å²) in [6.45, 7) is 2.12. The van der Waals surface area contributed by atoms with E-state index in [0.29, 0.717) is 33.5 Å². The lowest BCUT2D eigenvalue weighted by molar-refractivity contribution is 0.318. The Hall–Kier alpha value is -2.56. The minimum absolute atomic E-state index is 0.0752. The van der Waals surface area contributed by atoms with Gasteiger partial charge in [0.25, 0.3) is 0 Å². The van der Waals surface area contributed by atoms with Crippen LogP contribution >= 0.6 is 27.5 Å². The first kappa shape index (κ1) is 18.2. The van der Waals surface area contributed by atoms with Gasteiger partial charge in [0.2, 0.25) is 0 Å². The molecular formula is C18H12BrClFN3O2. The van der Waals surface area contributed by atoms with Crippen LogP contribution in [0.3, 0.4) is 0 Å². The van der Waals surface area contributed by atoms with Gasteiger partial charge in [-0.25, -0.2) is 9.37 Å². The number of aromatic amines is 1. The van der Waals surface area contributed by atoms with Gasteiger partial charge in [0.1, 0.15) is 22.7 Å². The Balaban J connectivity index is 2.12. The molecule has 0 saturated heterocycles. The summed E-state index contributed by atoms with van der Waals surface area (Å²) in [5.74, 6) is -0.0852. The molecule has 132 valence electrons. The summed E-state index contributed by atoms with van der Waals surface area (Å²) >= 11 is 9.43. The van der Waals surface area contributed by atoms with Crippen molar-refractivity contribution in [1.29, 1.82) is 5.26 Å². The Morgan fingerprint density at radius 1 is 1.50 bits per heavy atom. The van der Waals surface area contributed by atoms with Gasteiger partial charge < -0.3 is 14.8 Å². The Morgan fingerprint density at radius 3 is 2.96 bits per heavy atom. The molecule has 3 aromatic rings. The van der Waals surface area contributed by atoms with Gasteiger partial charge in [-0.3, -0.25) is 0 Å². The number of phenolic OH excluding ortho intramolecular Hbond substituents is 1. The van der Waals surface area contributed by atoms with E-state index in [-0.39, 0.29) is 22.1 Å². The number of hydrogen-bond donors (Lipinski definition) is 2. The van der Waals surface area contributed by atoms with Crippen LogP contribution in [-0.4, -0.2) is 21.7 Å². The smallest absolute Gasteiger partial charge is 0.177 e. The molecule has 0 aliphatic rings. The maximum Gasteiger partial charge on any atom is 0.177 e. The van der Waals surface area contributed by atoms with E-state index in [9.17, 15) is 14.8 Å². The van der Waals surface area contributed by atoms with E-state index in [1.54, 1.807) is 19.1 Å². The van der Waals surface area contributed by atoms with Crippen LogP contribution in [0.25, 0.3) is 22.7 Å². The molecule has 3 rings (SSSR count). The van der Waals surface area contributed by atoms with Crippen LogP contribution in [0.4, 0.5) is 4.39 Å². The summed E-state index contributed by atoms with van der Waals surface area (Å²) in [5.41, 5.74) is 1.77. The average Bonchev–Trinajstić information content (AvgIpc) is 3.04. The number of ether oxygens (including phenoxy) is 1. The summed E-state index contributed by atoms with van der Waals surface area (Å²) in [4.78, 5) is 7.23. The van der Waals surface area contributed by atoms with Crippen LogP contribution in [0.5, 0.6) is 11.5 Å². The van der Waals surface area contributed by atoms with Crippen LogP contribution in [0, 0.1) is 17.1 Å². The lowest BCUT2D eigenvalue weighted by Gasteiger charge is -2.11. The highest BCUT2D eigenvalue weighted by atomic mass is 79.9. The molecule has 0 unspecified atom stereocenters. The molecule has 0 radical (unpaired) electrons. The first-order valence-electron chi connectivity index (χ1n) is 7.55. The molecule has 2 N–H and O–H groups in total. The summed E-state index contributed by atoms with van der Waals surface area (Å²) in [6.07, 6.45) is 1.55. The number of aromatic hydroxyl groups is 1. The predicted octanol–water partition coefficient (Wildman–Crippen LogP) is 5.29. The van der Waals surface area contributed by atoms with E-state index in [4.69, 9.17) is 16.3 Å². The lowest BCUT2D eigenvalue weighted by atomic mass is 10.1. The predicted molar refractivity (Wildman–Crippen MR) is 102 cm³/mol. The van der Waals surface area contributed by atoms with Gasteiger partial charge in [0.05, 0.1) is 23.2 Å². The molecular weight excluding hydrogens is 425 g/mol. The number of aromatic nitrogens is 2. The topological polar surface area (TPSA) is 81.9 Å². The molecule has 2 aromatic carbocycles. The number of halogens is 3. The number of H-pyrrole nitrogens is 1. The Labute approximate surface area is 161 Å². The Kier molecular flexibility index (Phi) is 5.16. The second-order valence-electron chi connectivity index (χ2n) is 5.29. The van der Waals surface area contributed by atoms with Crippen molar-refractivity contribution in [2.45, 2.75) is 6.92 Å². The minimum atomic E-state index is -0.399. The van der Waals surface area contributed by atoms with E-state index < -0.39 is 5.82 Å². The molecule has 0 aliphatic carbocycles. The largest absolute Gasteiger partial charge is 0.503 e. The monoisotopic (exact) mass is 435 g/mol. The van der Waals surface area contributed by atoms with Crippen molar-refractivity contribution in [3.63, 3.8) is 0 Å². The van der Waals surface area contributed by atoms with E-state index >= 15 is 0 Å². The quantitative estimate of drug-likeness (QED) is 0.545. The van der Waals surface area contributed by atoms with Gasteiger partial charge in [-0.2, -0.15) is 5.26 Å². The van der Waals surface area contributed by atoms with Crippen molar-refractivity contribution >= 4 is 50.2 Å². The summed E-state index contributed by atoms with van der Waals surface area (Å²) in [6, 6.07) is 7.76. The number of allylic oxidation sites excluding steroid dienone is 1. The molecule has 0 atom stereocenters. The molecule has 1 heterocycles. The number of rotatable bonds is 4. The van der Waals surface area contributed by atoms with Crippen molar-refractivity contribution < 1.29 is 14.2 Å². The van der Waals surface area contributed by atoms with E-state index in [1.165, 1.54) is 18.2 Å². The van der Waals surface area contributed by atoms with Crippen LogP contribution in [0.15, 0.2) is 28.7 Å². The van der Waals surface area contributed by atoms with Crippen molar-refractivity contribution in [1.82, 2.24) is 9.97 Å². The van der Waals surface area contributed by atoms with Crippen LogP contribution in [0.2, 0.25) is 5.02 Å². The third-order valence-corrected chi connectivity index (χ3v) is 5.04. The zero-order valence-electron chi connectivity index (χ0n) is 13.5. The lowest BCUT2D eigenvalue weighted by Crippen LogP contribution is -1.94. The normalized spacial score (nSPS) is 11.6. The fourth-order valence-corrected chi connectivity index (χ4v) is 3.02. The van der Waals surface area contributed by atoms with E-state index in [2.05, 4.69) is 32.0 Å². The highest BCUT2D eigenvalue weighted by Gasteiger charge is 2.16. The molecule has 0 amide bonds. The maximum atomic E-state index is 13.3. The highest BCUT2D eigenvalue weighted by Crippen LogP contribution is 2.42. The van der Waals surface area contributed by atoms with Crippen LogP contribution < -0.4 is 4.74 Å². The number of benzene rings is 2. The molecule has 1 aromatic heterocycles. The molecule has 0 saturated carbocycles. The van der Waals surface area contributed by atoms with Gasteiger partial charge in [-0.1, -0.05) is 11.6 Å². The van der Waals surface area contributed by atoms with Gasteiger partial charge >= 0.3 is 0 Å². The molecule has 0 fully saturated rings. The van der Waals surface area contributed by atoms with Gasteiger partial charge in [0.15, 0.2) is 11.5 Å². The molecule has 5 nitrogen and oxygen atoms in total. The maximum absolute atomic E-state index is 13.3. The first-order chi connectivity index (χ1) is 12.4. The number of phenols is 1. The van der Waals surface area contributed by atoms with Gasteiger partial charge in [0, 0.05) is 4.47 Å². The number of nitriles is 1. The van der Waals surface area contributed by atoms with Crippen molar-refractivity contribution in [3.05, 3.63) is 51.0 Å². The highest BCUT2D eigenvalue weighted by molar-refractivity contribution is 9.10. The number of nitrogens with zero attached hydrogens (tertiary/aromatic N) is 2. The number of hydrogen-bond acceptors (Lipinski definition) is 4. The Bertz CT molecular complexity index is 1070. The fourth-order valence-electron chi connectivity index (χ4n) is 2.40. The first-order valence-corrected chi connectivity index (χ1v) is 8.72. The molecule has 0 aliphatic heterocycles. The third-order valence-electron chi connectivity index (χ3n) is 3.59. The molecule has 0 bridgehead atoms. The number of imidazole rings is 1. The number of fused-ring (bicyclic) bond motifs is 1. The van der Waals surface area contributed by atoms with Crippen LogP contribution in [-0.2, 0) is 0 Å². The average molecular weight is 437 g/mol. The van der Waals surface area contributed by atoms with Crippen molar-refractivity contribution in [2.75, 3.05) is 6.61 Å². The zero-order valence-corrected chi connectivity index (χ0v) is 15.8. The fraction of sp³-hybridized carbons (Fsp3) is 0.111. The second kappa shape index (κ2) is 7.36. The molecule has 26 heavy (non-hydrogen) atoms. The van der Waals surface area contributed by atoms with Gasteiger partial charge in [-0.05, 0) is 58.8 Å². The Morgan fingerprint density at radius 2 is 2.27 bits per heavy atom. The van der Waals surface area contributed by atoms with Gasteiger partial charge in [-0.15, -0.1) is 0 Å². The van der Waals surface area contributed by atoms with Crippen LogP contribution in [0.1, 0.15) is 18.3 Å². The summed E-state index contributed by atoms with van der Waals surface area (Å²) in [7, 11) is 0. The van der Waals surface area contributed by atoms with E-state index in [0.717, 1.165) is 0 Å². The van der Waals surface area contributed by atoms with E-state index in [1.807, 2.05) is 0 Å². The SMILES string of the molecule is CCOc1cc(/C=C(/C#N)c2nc3ccc(F)cc3[nH]2)c(Br)c(Cl)c1O.